The van der Waals surface area contributed by atoms with Gasteiger partial charge in [0.1, 0.15) is 41.7 Å². The van der Waals surface area contributed by atoms with Crippen LogP contribution in [-0.2, 0) is 35.6 Å². The van der Waals surface area contributed by atoms with E-state index in [4.69, 9.17) is 25.8 Å². The summed E-state index contributed by atoms with van der Waals surface area (Å²) in [6.45, 7) is -0.699. The standard InChI is InChI=1S/C46H41ClF7N7O7S/c47-38-28-4-7-32(39(38)63)36-37-41(56-25-57-42(37)69-40(36)27-2-5-30(48)6-3-27)68-34(43(64)65)21-29-19-26(1-8-33(29)67-23-31-9-11-55-44(58-31)66-18-10-45(49,50)51)20-35(62)61(22-28)17-16-59-12-14-60(15-13-59)24-46(52,53)54/h1-9,11,19,25,34,63H,10,12-18,20-24H2,(H,64,65)/t34-/m1/s1. The Kier molecular flexibility index (Phi) is 14.7. The largest absolute Gasteiger partial charge is 0.506 e. The molecule has 6 heterocycles. The first-order valence-electron chi connectivity index (χ1n) is 21.4. The minimum Gasteiger partial charge on any atom is -0.506 e. The molecular formula is C46H41ClF7N7O7S. The number of carboxylic acid groups (broad SMARTS) is 1. The molecule has 0 saturated carbocycles. The molecule has 14 nitrogen and oxygen atoms in total. The number of hydrogen-bond donors (Lipinski definition) is 2. The van der Waals surface area contributed by atoms with Crippen LogP contribution in [0, 0.1) is 5.82 Å². The van der Waals surface area contributed by atoms with Crippen LogP contribution in [0.3, 0.4) is 0 Å². The van der Waals surface area contributed by atoms with Crippen LogP contribution in [0.25, 0.3) is 31.8 Å². The fourth-order valence-electron chi connectivity index (χ4n) is 7.95. The average molecular weight is 1000 g/mol. The number of rotatable bonds is 12. The Morgan fingerprint density at radius 3 is 2.38 bits per heavy atom. The number of carbonyl (C=O) groups is 2. The number of carbonyl (C=O) groups excluding carboxylic acids is 1. The normalized spacial score (nSPS) is 16.4. The Morgan fingerprint density at radius 2 is 1.65 bits per heavy atom. The molecule has 23 heteroatoms. The second-order valence-electron chi connectivity index (χ2n) is 16.3. The van der Waals surface area contributed by atoms with Crippen LogP contribution in [0.1, 0.15) is 28.8 Å². The molecule has 69 heavy (non-hydrogen) atoms. The van der Waals surface area contributed by atoms with Gasteiger partial charge in [0, 0.05) is 74.4 Å². The Morgan fingerprint density at radius 1 is 0.899 bits per heavy atom. The number of aromatic hydroxyl groups is 1. The topological polar surface area (TPSA) is 164 Å². The zero-order valence-electron chi connectivity index (χ0n) is 36.2. The number of phenolic OH excluding ortho intramolecular Hbond substituents is 1. The Labute approximate surface area is 397 Å². The number of nitrogens with zero attached hydrogens (tertiary/aromatic N) is 7. The van der Waals surface area contributed by atoms with Crippen LogP contribution in [0.4, 0.5) is 30.7 Å². The molecule has 3 aromatic carbocycles. The van der Waals surface area contributed by atoms with E-state index >= 15 is 0 Å². The lowest BCUT2D eigenvalue weighted by Gasteiger charge is -2.36. The first kappa shape index (κ1) is 49.1. The molecule has 0 unspecified atom stereocenters. The van der Waals surface area contributed by atoms with Crippen LogP contribution in [0.15, 0.2) is 73.2 Å². The summed E-state index contributed by atoms with van der Waals surface area (Å²) in [6.07, 6.45) is -9.82. The van der Waals surface area contributed by atoms with E-state index in [-0.39, 0.29) is 90.5 Å². The van der Waals surface area contributed by atoms with Crippen LogP contribution in [0.2, 0.25) is 5.02 Å². The lowest BCUT2D eigenvalue weighted by Crippen LogP contribution is -2.51. The summed E-state index contributed by atoms with van der Waals surface area (Å²) in [5.41, 5.74) is 2.25. The number of carboxylic acids is 1. The van der Waals surface area contributed by atoms with Gasteiger partial charge in [-0.15, -0.1) is 11.3 Å². The van der Waals surface area contributed by atoms with E-state index in [2.05, 4.69) is 19.9 Å². The molecule has 6 aromatic rings. The predicted molar refractivity (Wildman–Crippen MR) is 238 cm³/mol. The van der Waals surface area contributed by atoms with E-state index in [1.165, 1.54) is 58.7 Å². The second kappa shape index (κ2) is 20.7. The Balaban J connectivity index is 1.18. The SMILES string of the molecule is O=C(O)[C@H]1Cc2cc(ccc2OCc2ccnc(OCCC(F)(F)F)n2)CC(=O)N(CCN2CCN(CC(F)(F)F)CC2)Cc2ccc(c(O)c2Cl)-c2c(-c3ccc(F)cc3)sc3ncnc(c23)O1. The highest BCUT2D eigenvalue weighted by atomic mass is 35.5. The third-order valence-corrected chi connectivity index (χ3v) is 13.0. The molecule has 0 spiro atoms. The van der Waals surface area contributed by atoms with Gasteiger partial charge in [0.15, 0.2) is 0 Å². The highest BCUT2D eigenvalue weighted by Crippen LogP contribution is 2.51. The van der Waals surface area contributed by atoms with Gasteiger partial charge >= 0.3 is 24.3 Å². The van der Waals surface area contributed by atoms with Gasteiger partial charge in [0.05, 0.1) is 35.5 Å². The van der Waals surface area contributed by atoms with Crippen LogP contribution < -0.4 is 14.2 Å². The molecule has 4 bridgehead atoms. The number of hydrogen-bond acceptors (Lipinski definition) is 13. The Bertz CT molecular complexity index is 2830. The molecule has 1 fully saturated rings. The number of piperazine rings is 1. The van der Waals surface area contributed by atoms with Gasteiger partial charge in [-0.25, -0.2) is 24.1 Å². The summed E-state index contributed by atoms with van der Waals surface area (Å²) in [6, 6.07) is 14.6. The fourth-order valence-corrected chi connectivity index (χ4v) is 9.33. The minimum absolute atomic E-state index is 0.0950. The van der Waals surface area contributed by atoms with Crippen molar-refractivity contribution in [2.24, 2.45) is 0 Å². The van der Waals surface area contributed by atoms with Gasteiger partial charge in [-0.05, 0) is 46.5 Å². The van der Waals surface area contributed by atoms with Crippen molar-refractivity contribution in [2.45, 2.75) is 50.9 Å². The van der Waals surface area contributed by atoms with Crippen molar-refractivity contribution in [1.82, 2.24) is 34.6 Å². The van der Waals surface area contributed by atoms with Crippen molar-refractivity contribution < 1.29 is 64.7 Å². The van der Waals surface area contributed by atoms with Gasteiger partial charge in [0.25, 0.3) is 0 Å². The number of thiophene rings is 1. The van der Waals surface area contributed by atoms with Crippen molar-refractivity contribution >= 4 is 45.0 Å². The van der Waals surface area contributed by atoms with Crippen molar-refractivity contribution in [3.8, 4) is 45.0 Å². The molecule has 0 radical (unpaired) electrons. The lowest BCUT2D eigenvalue weighted by molar-refractivity contribution is -0.149. The highest BCUT2D eigenvalue weighted by molar-refractivity contribution is 7.22. The molecule has 1 saturated heterocycles. The second-order valence-corrected chi connectivity index (χ2v) is 17.6. The molecule has 0 aliphatic carbocycles. The number of amides is 1. The average Bonchev–Trinajstić information content (AvgIpc) is 3.68. The van der Waals surface area contributed by atoms with Crippen molar-refractivity contribution in [2.75, 3.05) is 52.4 Å². The van der Waals surface area contributed by atoms with E-state index in [0.717, 1.165) is 11.3 Å². The van der Waals surface area contributed by atoms with E-state index in [1.54, 1.807) is 24.3 Å². The quantitative estimate of drug-likeness (QED) is 0.113. The zero-order chi connectivity index (χ0) is 49.0. The molecule has 9 rings (SSSR count). The monoisotopic (exact) mass is 1000 g/mol. The molecule has 1 atom stereocenters. The number of fused-ring (bicyclic) bond motifs is 7. The smallest absolute Gasteiger partial charge is 0.401 e. The summed E-state index contributed by atoms with van der Waals surface area (Å²) in [4.78, 5) is 50.0. The van der Waals surface area contributed by atoms with E-state index < -0.39 is 61.5 Å². The van der Waals surface area contributed by atoms with Crippen molar-refractivity contribution in [1.29, 1.82) is 0 Å². The van der Waals surface area contributed by atoms with Crippen molar-refractivity contribution in [3.05, 3.63) is 106 Å². The predicted octanol–water partition coefficient (Wildman–Crippen LogP) is 8.36. The van der Waals surface area contributed by atoms with E-state index in [0.29, 0.717) is 51.6 Å². The third-order valence-electron chi connectivity index (χ3n) is 11.4. The molecule has 364 valence electrons. The van der Waals surface area contributed by atoms with Gasteiger partial charge in [-0.3, -0.25) is 14.6 Å². The maximum absolute atomic E-state index is 14.4. The van der Waals surface area contributed by atoms with Gasteiger partial charge in [-0.1, -0.05) is 48.0 Å². The van der Waals surface area contributed by atoms with E-state index in [1.807, 2.05) is 4.90 Å². The summed E-state index contributed by atoms with van der Waals surface area (Å²) < 4.78 is 109. The number of aromatic nitrogens is 4. The number of aliphatic carboxylic acids is 1. The molecule has 1 amide bonds. The third kappa shape index (κ3) is 12.3. The van der Waals surface area contributed by atoms with Crippen LogP contribution >= 0.6 is 22.9 Å². The van der Waals surface area contributed by atoms with Gasteiger partial charge in [0.2, 0.25) is 17.9 Å². The van der Waals surface area contributed by atoms with Gasteiger partial charge < -0.3 is 29.3 Å². The minimum atomic E-state index is -4.46. The van der Waals surface area contributed by atoms with Crippen molar-refractivity contribution in [3.63, 3.8) is 0 Å². The first-order valence-corrected chi connectivity index (χ1v) is 22.6. The van der Waals surface area contributed by atoms with Crippen LogP contribution in [-0.4, -0.2) is 128 Å². The molecule has 3 aliphatic heterocycles. The maximum Gasteiger partial charge on any atom is 0.401 e. The van der Waals surface area contributed by atoms with E-state index in [9.17, 15) is 50.5 Å². The molecular weight excluding hydrogens is 963 g/mol. The number of benzene rings is 3. The van der Waals surface area contributed by atoms with Crippen LogP contribution in [0.5, 0.6) is 23.4 Å². The number of halogens is 8. The summed E-state index contributed by atoms with van der Waals surface area (Å²) >= 11 is 8.12. The molecule has 3 aliphatic rings. The molecule has 2 N–H and O–H groups in total. The number of alkyl halides is 6. The maximum atomic E-state index is 14.4. The summed E-state index contributed by atoms with van der Waals surface area (Å²) in [5, 5.41) is 22.8. The highest BCUT2D eigenvalue weighted by Gasteiger charge is 2.34. The fraction of sp³-hybridized carbons (Fsp3) is 0.348. The van der Waals surface area contributed by atoms with Gasteiger partial charge in [-0.2, -0.15) is 31.3 Å². The first-order chi connectivity index (χ1) is 32.9. The lowest BCUT2D eigenvalue weighted by atomic mass is 9.97. The molecule has 3 aromatic heterocycles. The summed E-state index contributed by atoms with van der Waals surface area (Å²) in [7, 11) is 0. The zero-order valence-corrected chi connectivity index (χ0v) is 37.8. The number of phenols is 1. The Hall–Kier alpha value is -6.36. The number of ether oxygens (including phenoxy) is 3. The summed E-state index contributed by atoms with van der Waals surface area (Å²) in [5.74, 6) is -2.74.